The number of aromatic nitrogens is 2. The highest BCUT2D eigenvalue weighted by Crippen LogP contribution is 2.23. The summed E-state index contributed by atoms with van der Waals surface area (Å²) in [5, 5.41) is 0.461. The number of benzene rings is 1. The number of ketones is 1. The van der Waals surface area contributed by atoms with Crippen LogP contribution in [-0.4, -0.2) is 52.9 Å². The minimum absolute atomic E-state index is 0.117. The first-order valence-corrected chi connectivity index (χ1v) is 12.7. The second kappa shape index (κ2) is 17.6. The number of aromatic amines is 1. The normalized spacial score (nSPS) is 11.6. The number of likely N-dealkylation sites (N-methyl/N-ethyl adjacent to an activating group) is 1. The molecule has 3 N–H and O–H groups in total. The van der Waals surface area contributed by atoms with Gasteiger partial charge in [0.25, 0.3) is 0 Å². The highest BCUT2D eigenvalue weighted by Gasteiger charge is 2.10. The predicted molar refractivity (Wildman–Crippen MR) is 146 cm³/mol. The van der Waals surface area contributed by atoms with E-state index in [-0.39, 0.29) is 17.5 Å². The Balaban J connectivity index is 0.000000809. The Morgan fingerprint density at radius 2 is 1.83 bits per heavy atom. The molecule has 0 saturated carbocycles. The number of nitrogens with one attached hydrogen (secondary N) is 1. The van der Waals surface area contributed by atoms with Gasteiger partial charge in [0, 0.05) is 18.2 Å². The van der Waals surface area contributed by atoms with Gasteiger partial charge >= 0.3 is 0 Å². The van der Waals surface area contributed by atoms with E-state index in [0.717, 1.165) is 56.2 Å². The maximum Gasteiger partial charge on any atom is 0.231 e. The number of Topliss-reactive ketones (excluding diaryl/α,β-unsaturated/α-hetero) is 1. The molecule has 0 radical (unpaired) electrons. The lowest BCUT2D eigenvalue weighted by molar-refractivity contribution is -0.118. The number of aliphatic imine (C=N–C) groups is 1. The van der Waals surface area contributed by atoms with E-state index in [9.17, 15) is 14.0 Å². The van der Waals surface area contributed by atoms with Crippen molar-refractivity contribution in [2.24, 2.45) is 10.7 Å². The smallest absolute Gasteiger partial charge is 0.231 e. The summed E-state index contributed by atoms with van der Waals surface area (Å²) in [6, 6.07) is 6.16. The van der Waals surface area contributed by atoms with Crippen LogP contribution >= 0.6 is 11.6 Å². The molecule has 9 heteroatoms. The van der Waals surface area contributed by atoms with Gasteiger partial charge in [-0.2, -0.15) is 0 Å². The lowest BCUT2D eigenvalue weighted by Crippen LogP contribution is -2.27. The number of halogens is 2. The number of primary amides is 1. The molecule has 0 aliphatic carbocycles. The van der Waals surface area contributed by atoms with E-state index >= 15 is 0 Å². The average Bonchev–Trinajstić information content (AvgIpc) is 3.19. The number of aryl methyl sites for hydroxylation is 1. The number of rotatable bonds is 14. The van der Waals surface area contributed by atoms with Crippen LogP contribution in [0.2, 0.25) is 5.15 Å². The summed E-state index contributed by atoms with van der Waals surface area (Å²) in [7, 11) is 3.59. The zero-order chi connectivity index (χ0) is 26.9. The molecule has 0 aliphatic heterocycles. The van der Waals surface area contributed by atoms with E-state index in [4.69, 9.17) is 17.3 Å². The molecule has 0 aliphatic rings. The largest absolute Gasteiger partial charge is 0.369 e. The minimum atomic E-state index is -0.287. The second-order valence-electron chi connectivity index (χ2n) is 8.79. The first-order valence-electron chi connectivity index (χ1n) is 12.3. The van der Waals surface area contributed by atoms with Crippen LogP contribution in [-0.2, 0) is 16.0 Å². The predicted octanol–water partition coefficient (Wildman–Crippen LogP) is 5.74. The third-order valence-corrected chi connectivity index (χ3v) is 5.44. The fourth-order valence-electron chi connectivity index (χ4n) is 3.21. The Morgan fingerprint density at radius 1 is 1.17 bits per heavy atom. The molecule has 1 heterocycles. The Kier molecular flexibility index (Phi) is 15.2. The number of nitrogens with zero attached hydrogens (tertiary/aromatic N) is 3. The van der Waals surface area contributed by atoms with Crippen LogP contribution in [0, 0.1) is 5.82 Å². The molecular weight excluding hydrogens is 481 g/mol. The van der Waals surface area contributed by atoms with Gasteiger partial charge in [0.15, 0.2) is 10.9 Å². The number of nitrogens with two attached hydrogens (primary N) is 1. The summed E-state index contributed by atoms with van der Waals surface area (Å²) < 4.78 is 13.0. The molecule has 0 bridgehead atoms. The summed E-state index contributed by atoms with van der Waals surface area (Å²) in [6.07, 6.45) is 10.9. The first-order chi connectivity index (χ1) is 17.1. The molecule has 0 atom stereocenters. The van der Waals surface area contributed by atoms with Gasteiger partial charge in [-0.1, -0.05) is 43.9 Å². The van der Waals surface area contributed by atoms with Gasteiger partial charge in [0.1, 0.15) is 11.6 Å². The third kappa shape index (κ3) is 13.3. The Bertz CT molecular complexity index is 1000. The molecule has 36 heavy (non-hydrogen) atoms. The van der Waals surface area contributed by atoms with Crippen molar-refractivity contribution in [2.75, 3.05) is 20.6 Å². The van der Waals surface area contributed by atoms with E-state index < -0.39 is 0 Å². The molecule has 0 saturated heterocycles. The number of unbranched alkanes of at least 4 members (excludes halogenated alkanes) is 4. The molecule has 7 nitrogen and oxygen atoms in total. The van der Waals surface area contributed by atoms with Gasteiger partial charge in [-0.05, 0) is 71.0 Å². The van der Waals surface area contributed by atoms with Crippen LogP contribution in [0.5, 0.6) is 0 Å². The highest BCUT2D eigenvalue weighted by atomic mass is 35.5. The molecule has 2 rings (SSSR count). The summed E-state index contributed by atoms with van der Waals surface area (Å²) in [6.45, 7) is 4.22. The van der Waals surface area contributed by atoms with E-state index in [1.807, 2.05) is 6.08 Å². The Labute approximate surface area is 219 Å². The number of imidazole rings is 1. The van der Waals surface area contributed by atoms with E-state index in [0.29, 0.717) is 29.7 Å². The zero-order valence-electron chi connectivity index (χ0n) is 21.8. The Hall–Kier alpha value is -2.84. The number of hydrogen-bond donors (Lipinski definition) is 2. The van der Waals surface area contributed by atoms with Crippen LogP contribution in [0.4, 0.5) is 4.39 Å². The van der Waals surface area contributed by atoms with Gasteiger partial charge < -0.3 is 15.6 Å². The average molecular weight is 520 g/mol. The van der Waals surface area contributed by atoms with Crippen LogP contribution in [0.3, 0.4) is 0 Å². The fourth-order valence-corrected chi connectivity index (χ4v) is 3.44. The van der Waals surface area contributed by atoms with E-state index in [1.165, 1.54) is 12.1 Å². The highest BCUT2D eigenvalue weighted by molar-refractivity contribution is 6.39. The van der Waals surface area contributed by atoms with Gasteiger partial charge in [-0.3, -0.25) is 14.6 Å². The van der Waals surface area contributed by atoms with Crippen LogP contribution in [0.25, 0.3) is 11.4 Å². The quantitative estimate of drug-likeness (QED) is 0.245. The van der Waals surface area contributed by atoms with Crippen LogP contribution in [0.1, 0.15) is 64.5 Å². The van der Waals surface area contributed by atoms with Crippen LogP contribution < -0.4 is 5.73 Å². The van der Waals surface area contributed by atoms with Crippen molar-refractivity contribution in [1.82, 2.24) is 14.9 Å². The maximum atomic E-state index is 13.0. The lowest BCUT2D eigenvalue weighted by atomic mass is 10.1. The number of allylic oxidation sites excluding steroid dienone is 1. The topological polar surface area (TPSA) is 104 Å². The second-order valence-corrected chi connectivity index (χ2v) is 9.15. The van der Waals surface area contributed by atoms with E-state index in [2.05, 4.69) is 21.9 Å². The van der Waals surface area contributed by atoms with Crippen molar-refractivity contribution >= 4 is 29.0 Å². The molecule has 198 valence electrons. The van der Waals surface area contributed by atoms with Gasteiger partial charge in [0.2, 0.25) is 5.91 Å². The fraction of sp³-hybridized carbons (Fsp3) is 0.481. The molecule has 0 spiro atoms. The molecule has 2 aromatic rings. The molecule has 1 aromatic heterocycles. The summed E-state index contributed by atoms with van der Waals surface area (Å²) >= 11 is 6.22. The van der Waals surface area contributed by atoms with Gasteiger partial charge in [-0.25, -0.2) is 9.37 Å². The molecule has 1 amide bonds. The van der Waals surface area contributed by atoms with Gasteiger partial charge in [0.05, 0.1) is 18.0 Å². The molecule has 0 fully saturated rings. The van der Waals surface area contributed by atoms with Crippen molar-refractivity contribution in [3.63, 3.8) is 0 Å². The van der Waals surface area contributed by atoms with Crippen molar-refractivity contribution in [3.8, 4) is 11.4 Å². The summed E-state index contributed by atoms with van der Waals surface area (Å²) in [5.74, 6) is 0.203. The molecule has 1 aromatic carbocycles. The SMILES string of the molecule is CCC/C=C\N=C(C)C(=O)CCCCCCc1[nH]c(-c2ccc(F)cc2)nc1Cl.CN(C)CC(N)=O. The number of amides is 1. The molecule has 0 unspecified atom stereocenters. The minimum Gasteiger partial charge on any atom is -0.369 e. The number of hydrogen-bond acceptors (Lipinski definition) is 5. The van der Waals surface area contributed by atoms with Crippen molar-refractivity contribution < 1.29 is 14.0 Å². The lowest BCUT2D eigenvalue weighted by Gasteiger charge is -2.02. The summed E-state index contributed by atoms with van der Waals surface area (Å²) in [4.78, 5) is 35.5. The molecular formula is C27H39ClFN5O2. The van der Waals surface area contributed by atoms with Crippen molar-refractivity contribution in [1.29, 1.82) is 0 Å². The number of H-pyrrole nitrogens is 1. The number of carbonyl (C=O) groups excluding carboxylic acids is 2. The van der Waals surface area contributed by atoms with Crippen molar-refractivity contribution in [2.45, 2.75) is 65.2 Å². The monoisotopic (exact) mass is 519 g/mol. The number of carbonyl (C=O) groups is 2. The first kappa shape index (κ1) is 31.2. The summed E-state index contributed by atoms with van der Waals surface area (Å²) in [5.41, 5.74) is 7.09. The van der Waals surface area contributed by atoms with Gasteiger partial charge in [-0.15, -0.1) is 0 Å². The maximum absolute atomic E-state index is 13.0. The van der Waals surface area contributed by atoms with Crippen LogP contribution in [0.15, 0.2) is 41.5 Å². The third-order valence-electron chi connectivity index (χ3n) is 5.13. The standard InChI is InChI=1S/C23H29ClFN3O.C4H10N2O/c1-3-4-9-16-26-17(2)21(29)11-8-6-5-7-10-20-22(24)28-23(27-20)18-12-14-19(25)15-13-18;1-6(2)3-4(5)7/h9,12-16H,3-8,10-11H2,1-2H3,(H,27,28);3H2,1-2H3,(H2,5,7)/b16-9-,26-17?;. The van der Waals surface area contributed by atoms with Crippen molar-refractivity contribution in [3.05, 3.63) is 53.2 Å². The zero-order valence-corrected chi connectivity index (χ0v) is 22.6. The van der Waals surface area contributed by atoms with E-state index in [1.54, 1.807) is 44.3 Å². The Morgan fingerprint density at radius 3 is 2.42 bits per heavy atom.